The molecule has 1 aromatic carbocycles. The van der Waals surface area contributed by atoms with Crippen molar-refractivity contribution in [3.8, 4) is 11.5 Å². The highest BCUT2D eigenvalue weighted by atomic mass is 16.7. The molecule has 2 N–H and O–H groups in total. The predicted octanol–water partition coefficient (Wildman–Crippen LogP) is 1.90. The van der Waals surface area contributed by atoms with Crippen molar-refractivity contribution < 1.29 is 24.5 Å². The molecule has 2 aliphatic carbocycles. The molecular formula is C18H19NO5. The van der Waals surface area contributed by atoms with Gasteiger partial charge in [-0.15, -0.1) is 0 Å². The van der Waals surface area contributed by atoms with E-state index in [-0.39, 0.29) is 17.1 Å². The van der Waals surface area contributed by atoms with E-state index in [4.69, 9.17) is 14.6 Å². The third-order valence-electron chi connectivity index (χ3n) is 6.37. The summed E-state index contributed by atoms with van der Waals surface area (Å²) in [6.45, 7) is 0.920. The molecular weight excluding hydrogens is 310 g/mol. The molecule has 6 heteroatoms. The highest BCUT2D eigenvalue weighted by molar-refractivity contribution is 5.63. The Morgan fingerprint density at radius 1 is 1.42 bits per heavy atom. The number of phenolic OH excluding ortho intramolecular Hbond substituents is 1. The minimum absolute atomic E-state index is 0.128. The van der Waals surface area contributed by atoms with E-state index in [0.29, 0.717) is 11.8 Å². The van der Waals surface area contributed by atoms with Crippen LogP contribution in [0.15, 0.2) is 24.3 Å². The van der Waals surface area contributed by atoms with Crippen LogP contribution < -0.4 is 4.74 Å². The maximum atomic E-state index is 11.1. The molecule has 2 heterocycles. The Balaban J connectivity index is 1.74. The van der Waals surface area contributed by atoms with Gasteiger partial charge >= 0.3 is 6.16 Å². The van der Waals surface area contributed by atoms with E-state index in [1.165, 1.54) is 5.56 Å². The second-order valence-corrected chi connectivity index (χ2v) is 7.29. The van der Waals surface area contributed by atoms with Crippen LogP contribution in [0.4, 0.5) is 4.79 Å². The third-order valence-corrected chi connectivity index (χ3v) is 6.37. The molecule has 126 valence electrons. The first-order chi connectivity index (χ1) is 11.5. The molecule has 0 radical (unpaired) electrons. The maximum Gasteiger partial charge on any atom is 0.506 e. The van der Waals surface area contributed by atoms with Gasteiger partial charge in [0, 0.05) is 22.9 Å². The Kier molecular flexibility index (Phi) is 2.62. The number of aromatic hydroxyl groups is 1. The van der Waals surface area contributed by atoms with Crippen molar-refractivity contribution >= 4 is 6.16 Å². The Bertz CT molecular complexity index is 775. The number of ether oxygens (including phenoxy) is 2. The van der Waals surface area contributed by atoms with Crippen molar-refractivity contribution in [2.45, 2.75) is 36.5 Å². The second-order valence-electron chi connectivity index (χ2n) is 7.29. The molecule has 1 spiro atoms. The van der Waals surface area contributed by atoms with Crippen LogP contribution in [-0.2, 0) is 16.6 Å². The first kappa shape index (κ1) is 14.2. The van der Waals surface area contributed by atoms with Gasteiger partial charge in [-0.2, -0.15) is 0 Å². The van der Waals surface area contributed by atoms with Crippen molar-refractivity contribution in [1.82, 2.24) is 4.90 Å². The van der Waals surface area contributed by atoms with Gasteiger partial charge in [0.25, 0.3) is 0 Å². The lowest BCUT2D eigenvalue weighted by atomic mass is 9.53. The molecule has 5 atom stereocenters. The number of hydrogen-bond acceptors (Lipinski definition) is 5. The SMILES string of the molecule is CN1CC[C@]23c4c5ccc(O)c4O[C@H]2[C@@H](OC(=O)O)C=CC3C1C5. The minimum Gasteiger partial charge on any atom is -0.504 e. The van der Waals surface area contributed by atoms with Gasteiger partial charge in [-0.25, -0.2) is 4.79 Å². The zero-order valence-electron chi connectivity index (χ0n) is 13.3. The van der Waals surface area contributed by atoms with E-state index < -0.39 is 18.4 Å². The van der Waals surface area contributed by atoms with E-state index in [1.807, 2.05) is 12.1 Å². The molecule has 0 aromatic heterocycles. The average molecular weight is 329 g/mol. The van der Waals surface area contributed by atoms with Gasteiger partial charge in [0.1, 0.15) is 6.10 Å². The first-order valence-corrected chi connectivity index (χ1v) is 8.32. The molecule has 2 aliphatic heterocycles. The predicted molar refractivity (Wildman–Crippen MR) is 84.5 cm³/mol. The van der Waals surface area contributed by atoms with E-state index in [9.17, 15) is 9.90 Å². The number of benzene rings is 1. The van der Waals surface area contributed by atoms with Crippen molar-refractivity contribution in [3.05, 3.63) is 35.4 Å². The quantitative estimate of drug-likeness (QED) is 0.605. The van der Waals surface area contributed by atoms with E-state index in [2.05, 4.69) is 18.0 Å². The molecule has 1 saturated heterocycles. The molecule has 24 heavy (non-hydrogen) atoms. The molecule has 4 aliphatic rings. The van der Waals surface area contributed by atoms with Gasteiger partial charge in [-0.1, -0.05) is 12.1 Å². The number of hydrogen-bond donors (Lipinski definition) is 2. The van der Waals surface area contributed by atoms with Crippen LogP contribution in [0.1, 0.15) is 17.5 Å². The molecule has 0 amide bonds. The summed E-state index contributed by atoms with van der Waals surface area (Å²) >= 11 is 0. The van der Waals surface area contributed by atoms with Gasteiger partial charge in [0.2, 0.25) is 0 Å². The highest BCUT2D eigenvalue weighted by Crippen LogP contribution is 2.62. The second kappa shape index (κ2) is 4.45. The largest absolute Gasteiger partial charge is 0.506 e. The van der Waals surface area contributed by atoms with E-state index in [1.54, 1.807) is 6.07 Å². The number of likely N-dealkylation sites (N-methyl/N-ethyl adjacent to an activating group) is 1. The lowest BCUT2D eigenvalue weighted by molar-refractivity contribution is -0.0579. The van der Waals surface area contributed by atoms with Crippen LogP contribution >= 0.6 is 0 Å². The Morgan fingerprint density at radius 2 is 2.25 bits per heavy atom. The Labute approximate surface area is 139 Å². The summed E-state index contributed by atoms with van der Waals surface area (Å²) in [7, 11) is 2.14. The smallest absolute Gasteiger partial charge is 0.504 e. The van der Waals surface area contributed by atoms with Gasteiger partial charge < -0.3 is 24.6 Å². The van der Waals surface area contributed by atoms with Crippen molar-refractivity contribution in [2.24, 2.45) is 5.92 Å². The molecule has 2 bridgehead atoms. The van der Waals surface area contributed by atoms with Gasteiger partial charge in [0.05, 0.1) is 0 Å². The normalized spacial score (nSPS) is 38.4. The number of phenols is 1. The first-order valence-electron chi connectivity index (χ1n) is 8.32. The summed E-state index contributed by atoms with van der Waals surface area (Å²) in [5, 5.41) is 19.4. The third kappa shape index (κ3) is 1.52. The number of carboxylic acid groups (broad SMARTS) is 1. The number of likely N-dealkylation sites (tertiary alicyclic amines) is 1. The Morgan fingerprint density at radius 3 is 3.04 bits per heavy atom. The highest BCUT2D eigenvalue weighted by Gasteiger charge is 2.65. The van der Waals surface area contributed by atoms with Crippen LogP contribution in [0.25, 0.3) is 0 Å². The number of piperidine rings is 1. The molecule has 0 saturated carbocycles. The summed E-state index contributed by atoms with van der Waals surface area (Å²) in [6.07, 6.45) is 3.34. The number of rotatable bonds is 1. The zero-order valence-corrected chi connectivity index (χ0v) is 13.3. The van der Waals surface area contributed by atoms with Crippen molar-refractivity contribution in [1.29, 1.82) is 0 Å². The molecule has 1 fully saturated rings. The number of carbonyl (C=O) groups is 1. The minimum atomic E-state index is -1.30. The van der Waals surface area contributed by atoms with Crippen LogP contribution in [0.5, 0.6) is 11.5 Å². The molecule has 6 nitrogen and oxygen atoms in total. The van der Waals surface area contributed by atoms with E-state index in [0.717, 1.165) is 24.9 Å². The monoisotopic (exact) mass is 329 g/mol. The summed E-state index contributed by atoms with van der Waals surface area (Å²) in [5.74, 6) is 0.890. The lowest BCUT2D eigenvalue weighted by Crippen LogP contribution is -2.65. The fraction of sp³-hybridized carbons (Fsp3) is 0.500. The van der Waals surface area contributed by atoms with Gasteiger partial charge in [0.15, 0.2) is 17.6 Å². The standard InChI is InChI=1S/C18H19NO5/c1-19-7-6-18-10-3-5-13(23-17(21)22)16(18)24-15-12(20)4-2-9(14(15)18)8-11(10)19/h2-5,10-11,13,16,20H,6-8H2,1H3,(H,21,22)/t10?,11?,13-,16-,18-/m0/s1. The number of nitrogens with zero attached hydrogens (tertiary/aromatic N) is 1. The zero-order chi connectivity index (χ0) is 16.6. The summed E-state index contributed by atoms with van der Waals surface area (Å²) < 4.78 is 11.3. The van der Waals surface area contributed by atoms with Crippen LogP contribution in [-0.4, -0.2) is 53.1 Å². The van der Waals surface area contributed by atoms with Gasteiger partial charge in [-0.3, -0.25) is 0 Å². The fourth-order valence-electron chi connectivity index (χ4n) is 5.44. The topological polar surface area (TPSA) is 79.2 Å². The fourth-order valence-corrected chi connectivity index (χ4v) is 5.44. The summed E-state index contributed by atoms with van der Waals surface area (Å²) in [5.41, 5.74) is 1.96. The van der Waals surface area contributed by atoms with Crippen LogP contribution in [0.2, 0.25) is 0 Å². The van der Waals surface area contributed by atoms with Crippen molar-refractivity contribution in [2.75, 3.05) is 13.6 Å². The van der Waals surface area contributed by atoms with E-state index >= 15 is 0 Å². The molecule has 1 aromatic rings. The van der Waals surface area contributed by atoms with Gasteiger partial charge in [-0.05, 0) is 44.1 Å². The average Bonchev–Trinajstić information content (AvgIpc) is 2.89. The van der Waals surface area contributed by atoms with Crippen LogP contribution in [0, 0.1) is 5.92 Å². The summed E-state index contributed by atoms with van der Waals surface area (Å²) in [6, 6.07) is 4.02. The Hall–Kier alpha value is -2.21. The maximum absolute atomic E-state index is 11.1. The van der Waals surface area contributed by atoms with Crippen LogP contribution in [0.3, 0.4) is 0 Å². The molecule has 2 unspecified atom stereocenters. The summed E-state index contributed by atoms with van der Waals surface area (Å²) in [4.78, 5) is 13.5. The van der Waals surface area contributed by atoms with Crippen molar-refractivity contribution in [3.63, 3.8) is 0 Å². The lowest BCUT2D eigenvalue weighted by Gasteiger charge is -2.56. The molecule has 5 rings (SSSR count).